The number of amides is 2. The van der Waals surface area contributed by atoms with Crippen LogP contribution in [-0.4, -0.2) is 42.3 Å². The predicted molar refractivity (Wildman–Crippen MR) is 75.8 cm³/mol. The van der Waals surface area contributed by atoms with Crippen LogP contribution < -0.4 is 10.1 Å². The first-order valence-electron chi connectivity index (χ1n) is 6.70. The Bertz CT molecular complexity index is 464. The molecule has 0 aliphatic rings. The third-order valence-corrected chi connectivity index (χ3v) is 2.81. The molecular weight excluding hydrogens is 282 g/mol. The maximum Gasteiger partial charge on any atom is 0.387 e. The highest BCUT2D eigenvalue weighted by Gasteiger charge is 2.14. The standard InChI is InChI=1S/C14H20F2N2O3/c1-3-6-18(7-8-19)14(20)17-11-5-4-10(2)12(9-11)21-13(15)16/h4-5,9,13,19H,3,6-8H2,1-2H3,(H,17,20). The van der Waals surface area contributed by atoms with Crippen molar-refractivity contribution in [3.63, 3.8) is 0 Å². The number of rotatable bonds is 7. The molecule has 0 heterocycles. The van der Waals surface area contributed by atoms with Crippen molar-refractivity contribution in [3.8, 4) is 5.75 Å². The molecule has 2 amide bonds. The predicted octanol–water partition coefficient (Wildman–Crippen LogP) is 2.83. The molecule has 118 valence electrons. The summed E-state index contributed by atoms with van der Waals surface area (Å²) in [6.45, 7) is 1.21. The van der Waals surface area contributed by atoms with Crippen LogP contribution in [0, 0.1) is 6.92 Å². The highest BCUT2D eigenvalue weighted by molar-refractivity contribution is 5.89. The lowest BCUT2D eigenvalue weighted by Crippen LogP contribution is -2.37. The van der Waals surface area contributed by atoms with Gasteiger partial charge in [0.15, 0.2) is 0 Å². The first kappa shape index (κ1) is 17.2. The van der Waals surface area contributed by atoms with E-state index in [4.69, 9.17) is 5.11 Å². The fraction of sp³-hybridized carbons (Fsp3) is 0.500. The molecule has 1 aromatic rings. The molecule has 0 spiro atoms. The average molecular weight is 302 g/mol. The topological polar surface area (TPSA) is 61.8 Å². The highest BCUT2D eigenvalue weighted by atomic mass is 19.3. The maximum absolute atomic E-state index is 12.3. The number of aliphatic hydroxyl groups excluding tert-OH is 1. The van der Waals surface area contributed by atoms with Gasteiger partial charge in [-0.25, -0.2) is 4.79 Å². The number of aliphatic hydroxyl groups is 1. The van der Waals surface area contributed by atoms with Crippen molar-refractivity contribution in [2.45, 2.75) is 26.9 Å². The molecular formula is C14H20F2N2O3. The van der Waals surface area contributed by atoms with E-state index < -0.39 is 12.6 Å². The van der Waals surface area contributed by atoms with Gasteiger partial charge in [-0.05, 0) is 25.0 Å². The summed E-state index contributed by atoms with van der Waals surface area (Å²) in [6, 6.07) is 4.15. The zero-order valence-corrected chi connectivity index (χ0v) is 12.1. The largest absolute Gasteiger partial charge is 0.434 e. The summed E-state index contributed by atoms with van der Waals surface area (Å²) in [6.07, 6.45) is 0.751. The Morgan fingerprint density at radius 3 is 2.71 bits per heavy atom. The molecule has 1 rings (SSSR count). The number of anilines is 1. The summed E-state index contributed by atoms with van der Waals surface area (Å²) in [5.41, 5.74) is 0.911. The quantitative estimate of drug-likeness (QED) is 0.814. The fourth-order valence-corrected chi connectivity index (χ4v) is 1.81. The van der Waals surface area contributed by atoms with Crippen molar-refractivity contribution in [3.05, 3.63) is 23.8 Å². The van der Waals surface area contributed by atoms with E-state index in [0.717, 1.165) is 6.42 Å². The number of hydrogen-bond acceptors (Lipinski definition) is 3. The zero-order valence-electron chi connectivity index (χ0n) is 12.1. The Morgan fingerprint density at radius 2 is 2.14 bits per heavy atom. The number of aryl methyl sites for hydroxylation is 1. The molecule has 7 heteroatoms. The van der Waals surface area contributed by atoms with Crippen molar-refractivity contribution < 1.29 is 23.4 Å². The monoisotopic (exact) mass is 302 g/mol. The van der Waals surface area contributed by atoms with E-state index in [-0.39, 0.29) is 18.9 Å². The summed E-state index contributed by atoms with van der Waals surface area (Å²) in [5.74, 6) is 0.0204. The number of nitrogens with one attached hydrogen (secondary N) is 1. The van der Waals surface area contributed by atoms with Gasteiger partial charge in [0.05, 0.1) is 6.61 Å². The van der Waals surface area contributed by atoms with Crippen LogP contribution in [0.2, 0.25) is 0 Å². The molecule has 0 atom stereocenters. The Hall–Kier alpha value is -1.89. The van der Waals surface area contributed by atoms with Gasteiger partial charge in [-0.2, -0.15) is 8.78 Å². The second kappa shape index (κ2) is 8.41. The SMILES string of the molecule is CCCN(CCO)C(=O)Nc1ccc(C)c(OC(F)F)c1. The van der Waals surface area contributed by atoms with Gasteiger partial charge in [0.2, 0.25) is 0 Å². The van der Waals surface area contributed by atoms with Crippen LogP contribution in [0.1, 0.15) is 18.9 Å². The third-order valence-electron chi connectivity index (χ3n) is 2.81. The molecule has 21 heavy (non-hydrogen) atoms. The molecule has 0 saturated heterocycles. The second-order valence-corrected chi connectivity index (χ2v) is 4.50. The number of benzene rings is 1. The number of nitrogens with zero attached hydrogens (tertiary/aromatic N) is 1. The molecule has 0 saturated carbocycles. The zero-order chi connectivity index (χ0) is 15.8. The van der Waals surface area contributed by atoms with Gasteiger partial charge in [-0.3, -0.25) is 0 Å². The van der Waals surface area contributed by atoms with Gasteiger partial charge >= 0.3 is 12.6 Å². The van der Waals surface area contributed by atoms with Gasteiger partial charge < -0.3 is 20.1 Å². The smallest absolute Gasteiger partial charge is 0.387 e. The molecule has 0 fully saturated rings. The summed E-state index contributed by atoms with van der Waals surface area (Å²) >= 11 is 0. The lowest BCUT2D eigenvalue weighted by molar-refractivity contribution is -0.0502. The fourth-order valence-electron chi connectivity index (χ4n) is 1.81. The number of halogens is 2. The molecule has 0 aromatic heterocycles. The molecule has 0 bridgehead atoms. The molecule has 0 aliphatic heterocycles. The third kappa shape index (κ3) is 5.55. The van der Waals surface area contributed by atoms with Crippen LogP contribution in [0.5, 0.6) is 5.75 Å². The van der Waals surface area contributed by atoms with Crippen LogP contribution in [0.25, 0.3) is 0 Å². The molecule has 0 unspecified atom stereocenters. The van der Waals surface area contributed by atoms with Gasteiger partial charge in [0.1, 0.15) is 5.75 Å². The summed E-state index contributed by atoms with van der Waals surface area (Å²) in [7, 11) is 0. The Morgan fingerprint density at radius 1 is 1.43 bits per heavy atom. The van der Waals surface area contributed by atoms with Crippen LogP contribution >= 0.6 is 0 Å². The summed E-state index contributed by atoms with van der Waals surface area (Å²) < 4.78 is 28.9. The van der Waals surface area contributed by atoms with Crippen LogP contribution in [-0.2, 0) is 0 Å². The first-order chi connectivity index (χ1) is 9.97. The second-order valence-electron chi connectivity index (χ2n) is 4.50. The molecule has 0 radical (unpaired) electrons. The normalized spacial score (nSPS) is 10.6. The highest BCUT2D eigenvalue weighted by Crippen LogP contribution is 2.24. The molecule has 2 N–H and O–H groups in total. The number of hydrogen-bond donors (Lipinski definition) is 2. The van der Waals surface area contributed by atoms with E-state index in [1.54, 1.807) is 19.1 Å². The minimum absolute atomic E-state index is 0.0204. The minimum Gasteiger partial charge on any atom is -0.434 e. The number of ether oxygens (including phenoxy) is 1. The number of carbonyl (C=O) groups excluding carboxylic acids is 1. The Balaban J connectivity index is 2.79. The Kier molecular flexibility index (Phi) is 6.87. The minimum atomic E-state index is -2.92. The lowest BCUT2D eigenvalue weighted by Gasteiger charge is -2.21. The number of alkyl halides is 2. The van der Waals surface area contributed by atoms with Crippen molar-refractivity contribution >= 4 is 11.7 Å². The average Bonchev–Trinajstić information content (AvgIpc) is 2.41. The maximum atomic E-state index is 12.3. The van der Waals surface area contributed by atoms with Gasteiger partial charge in [0.25, 0.3) is 0 Å². The molecule has 5 nitrogen and oxygen atoms in total. The van der Waals surface area contributed by atoms with E-state index >= 15 is 0 Å². The van der Waals surface area contributed by atoms with E-state index in [9.17, 15) is 13.6 Å². The van der Waals surface area contributed by atoms with Crippen molar-refractivity contribution in [2.24, 2.45) is 0 Å². The van der Waals surface area contributed by atoms with Crippen molar-refractivity contribution in [2.75, 3.05) is 25.0 Å². The van der Waals surface area contributed by atoms with E-state index in [1.165, 1.54) is 11.0 Å². The number of urea groups is 1. The van der Waals surface area contributed by atoms with E-state index in [2.05, 4.69) is 10.1 Å². The number of carbonyl (C=O) groups is 1. The van der Waals surface area contributed by atoms with Gasteiger partial charge in [0, 0.05) is 24.8 Å². The first-order valence-corrected chi connectivity index (χ1v) is 6.70. The molecule has 0 aliphatic carbocycles. The summed E-state index contributed by atoms with van der Waals surface area (Å²) in [5, 5.41) is 11.5. The summed E-state index contributed by atoms with van der Waals surface area (Å²) in [4.78, 5) is 13.5. The lowest BCUT2D eigenvalue weighted by atomic mass is 10.2. The van der Waals surface area contributed by atoms with Gasteiger partial charge in [-0.1, -0.05) is 13.0 Å². The van der Waals surface area contributed by atoms with E-state index in [0.29, 0.717) is 17.8 Å². The van der Waals surface area contributed by atoms with Crippen LogP contribution in [0.4, 0.5) is 19.3 Å². The van der Waals surface area contributed by atoms with Crippen molar-refractivity contribution in [1.29, 1.82) is 0 Å². The van der Waals surface area contributed by atoms with E-state index in [1.807, 2.05) is 6.92 Å². The Labute approximate surface area is 122 Å². The van der Waals surface area contributed by atoms with Crippen LogP contribution in [0.15, 0.2) is 18.2 Å². The van der Waals surface area contributed by atoms with Crippen LogP contribution in [0.3, 0.4) is 0 Å². The molecule has 1 aromatic carbocycles. The van der Waals surface area contributed by atoms with Gasteiger partial charge in [-0.15, -0.1) is 0 Å². The van der Waals surface area contributed by atoms with Crippen molar-refractivity contribution in [1.82, 2.24) is 4.90 Å².